The van der Waals surface area contributed by atoms with Gasteiger partial charge in [0.05, 0.1) is 17.4 Å². The summed E-state index contributed by atoms with van der Waals surface area (Å²) in [5.74, 6) is 0.490. The first-order chi connectivity index (χ1) is 6.33. The third-order valence-electron chi connectivity index (χ3n) is 2.47. The fourth-order valence-electron chi connectivity index (χ4n) is 1.46. The number of rotatable bonds is 2. The van der Waals surface area contributed by atoms with Gasteiger partial charge in [-0.05, 0) is 12.5 Å². The number of pyridine rings is 1. The van der Waals surface area contributed by atoms with Crippen LogP contribution in [-0.2, 0) is 0 Å². The van der Waals surface area contributed by atoms with E-state index in [4.69, 9.17) is 0 Å². The molecule has 2 rings (SSSR count). The second-order valence-electron chi connectivity index (χ2n) is 3.34. The van der Waals surface area contributed by atoms with Gasteiger partial charge in [0.2, 0.25) is 0 Å². The molecule has 0 aliphatic heterocycles. The van der Waals surface area contributed by atoms with Crippen molar-refractivity contribution in [3.63, 3.8) is 0 Å². The highest BCUT2D eigenvalue weighted by molar-refractivity contribution is 5.79. The summed E-state index contributed by atoms with van der Waals surface area (Å²) < 4.78 is 0. The van der Waals surface area contributed by atoms with Crippen molar-refractivity contribution in [2.75, 3.05) is 0 Å². The van der Waals surface area contributed by atoms with Gasteiger partial charge in [0.15, 0.2) is 0 Å². The quantitative estimate of drug-likeness (QED) is 0.761. The van der Waals surface area contributed by atoms with Crippen molar-refractivity contribution in [3.8, 4) is 0 Å². The third-order valence-corrected chi connectivity index (χ3v) is 2.47. The van der Waals surface area contributed by atoms with Gasteiger partial charge in [-0.25, -0.2) is 0 Å². The van der Waals surface area contributed by atoms with Gasteiger partial charge in [-0.3, -0.25) is 10.1 Å². The minimum atomic E-state index is 0.490. The predicted molar refractivity (Wildman–Crippen MR) is 52.6 cm³/mol. The molecule has 68 valence electrons. The summed E-state index contributed by atoms with van der Waals surface area (Å²) in [5, 5.41) is 8.15. The summed E-state index contributed by atoms with van der Waals surface area (Å²) >= 11 is 0. The summed E-state index contributed by atoms with van der Waals surface area (Å²) in [5.41, 5.74) is 2.20. The van der Waals surface area contributed by atoms with Gasteiger partial charge in [0.25, 0.3) is 0 Å². The Morgan fingerprint density at radius 1 is 1.54 bits per heavy atom. The Hall–Kier alpha value is -1.38. The maximum atomic E-state index is 4.38. The zero-order valence-electron chi connectivity index (χ0n) is 7.91. The van der Waals surface area contributed by atoms with E-state index >= 15 is 0 Å². The number of aromatic nitrogens is 3. The lowest BCUT2D eigenvalue weighted by molar-refractivity contribution is 0.713. The van der Waals surface area contributed by atoms with E-state index in [2.05, 4.69) is 29.0 Å². The highest BCUT2D eigenvalue weighted by Gasteiger charge is 2.09. The minimum Gasteiger partial charge on any atom is -0.276 e. The van der Waals surface area contributed by atoms with E-state index in [1.54, 1.807) is 0 Å². The fourth-order valence-corrected chi connectivity index (χ4v) is 1.46. The van der Waals surface area contributed by atoms with E-state index in [9.17, 15) is 0 Å². The molecule has 0 aliphatic rings. The summed E-state index contributed by atoms with van der Waals surface area (Å²) in [6, 6.07) is 1.98. The van der Waals surface area contributed by atoms with Crippen LogP contribution in [0.2, 0.25) is 0 Å². The molecule has 2 aromatic rings. The van der Waals surface area contributed by atoms with E-state index in [1.165, 1.54) is 0 Å². The molecule has 1 N–H and O–H groups in total. The molecule has 1 unspecified atom stereocenters. The molecule has 0 amide bonds. The lowest BCUT2D eigenvalue weighted by Gasteiger charge is -2.07. The van der Waals surface area contributed by atoms with Gasteiger partial charge in [0.1, 0.15) is 0 Å². The van der Waals surface area contributed by atoms with Gasteiger partial charge in [-0.2, -0.15) is 5.10 Å². The molecule has 0 radical (unpaired) electrons. The van der Waals surface area contributed by atoms with Crippen LogP contribution in [-0.4, -0.2) is 15.2 Å². The smallest absolute Gasteiger partial charge is 0.0868 e. The minimum absolute atomic E-state index is 0.490. The van der Waals surface area contributed by atoms with Gasteiger partial charge < -0.3 is 0 Å². The SMILES string of the molecule is CCC(C)c1nccc2cn[nH]c12. The van der Waals surface area contributed by atoms with Crippen LogP contribution in [0.3, 0.4) is 0 Å². The first-order valence-corrected chi connectivity index (χ1v) is 4.61. The summed E-state index contributed by atoms with van der Waals surface area (Å²) in [6.07, 6.45) is 4.79. The van der Waals surface area contributed by atoms with Crippen molar-refractivity contribution >= 4 is 10.9 Å². The molecule has 2 heterocycles. The first-order valence-electron chi connectivity index (χ1n) is 4.61. The van der Waals surface area contributed by atoms with E-state index in [0.717, 1.165) is 23.0 Å². The molecule has 0 aliphatic carbocycles. The van der Waals surface area contributed by atoms with Crippen molar-refractivity contribution in [2.24, 2.45) is 0 Å². The van der Waals surface area contributed by atoms with Crippen molar-refractivity contribution in [3.05, 3.63) is 24.2 Å². The van der Waals surface area contributed by atoms with Gasteiger partial charge in [0, 0.05) is 17.5 Å². The van der Waals surface area contributed by atoms with Crippen LogP contribution in [0.15, 0.2) is 18.5 Å². The van der Waals surface area contributed by atoms with Crippen LogP contribution in [0, 0.1) is 0 Å². The highest BCUT2D eigenvalue weighted by Crippen LogP contribution is 2.22. The van der Waals surface area contributed by atoms with E-state index in [-0.39, 0.29) is 0 Å². The Labute approximate surface area is 77.2 Å². The Balaban J connectivity index is 2.60. The van der Waals surface area contributed by atoms with Crippen LogP contribution in [0.4, 0.5) is 0 Å². The van der Waals surface area contributed by atoms with Crippen LogP contribution < -0.4 is 0 Å². The van der Waals surface area contributed by atoms with Crippen LogP contribution in [0.5, 0.6) is 0 Å². The number of fused-ring (bicyclic) bond motifs is 1. The van der Waals surface area contributed by atoms with Crippen LogP contribution in [0.25, 0.3) is 10.9 Å². The first kappa shape index (κ1) is 8.23. The zero-order valence-corrected chi connectivity index (χ0v) is 7.91. The molecule has 0 bridgehead atoms. The zero-order chi connectivity index (χ0) is 9.26. The van der Waals surface area contributed by atoms with E-state index in [1.807, 2.05) is 18.5 Å². The van der Waals surface area contributed by atoms with Gasteiger partial charge >= 0.3 is 0 Å². The maximum Gasteiger partial charge on any atom is 0.0868 e. The van der Waals surface area contributed by atoms with Crippen molar-refractivity contribution in [1.82, 2.24) is 15.2 Å². The topological polar surface area (TPSA) is 41.6 Å². The number of H-pyrrole nitrogens is 1. The average molecular weight is 175 g/mol. The number of hydrogen-bond acceptors (Lipinski definition) is 2. The standard InChI is InChI=1S/C10H13N3/c1-3-7(2)9-10-8(4-5-11-9)6-12-13-10/h4-7H,3H2,1-2H3,(H,12,13). The normalized spacial score (nSPS) is 13.4. The summed E-state index contributed by atoms with van der Waals surface area (Å²) in [7, 11) is 0. The maximum absolute atomic E-state index is 4.38. The molecule has 0 saturated carbocycles. The monoisotopic (exact) mass is 175 g/mol. The van der Waals surface area contributed by atoms with Crippen LogP contribution >= 0.6 is 0 Å². The highest BCUT2D eigenvalue weighted by atomic mass is 15.1. The number of nitrogens with zero attached hydrogens (tertiary/aromatic N) is 2. The predicted octanol–water partition coefficient (Wildman–Crippen LogP) is 2.47. The molecular formula is C10H13N3. The molecule has 0 saturated heterocycles. The Bertz CT molecular complexity index is 405. The van der Waals surface area contributed by atoms with Gasteiger partial charge in [-0.15, -0.1) is 0 Å². The molecule has 13 heavy (non-hydrogen) atoms. The molecule has 3 nitrogen and oxygen atoms in total. The lowest BCUT2D eigenvalue weighted by Crippen LogP contribution is -1.96. The average Bonchev–Trinajstić information content (AvgIpc) is 2.63. The molecule has 0 fully saturated rings. The fraction of sp³-hybridized carbons (Fsp3) is 0.400. The van der Waals surface area contributed by atoms with E-state index in [0.29, 0.717) is 5.92 Å². The second kappa shape index (κ2) is 3.17. The summed E-state index contributed by atoms with van der Waals surface area (Å²) in [6.45, 7) is 4.35. The van der Waals surface area contributed by atoms with E-state index < -0.39 is 0 Å². The Morgan fingerprint density at radius 3 is 3.15 bits per heavy atom. The van der Waals surface area contributed by atoms with Crippen molar-refractivity contribution in [1.29, 1.82) is 0 Å². The third kappa shape index (κ3) is 1.30. The lowest BCUT2D eigenvalue weighted by atomic mass is 10.0. The van der Waals surface area contributed by atoms with Gasteiger partial charge in [-0.1, -0.05) is 13.8 Å². The van der Waals surface area contributed by atoms with Crippen molar-refractivity contribution in [2.45, 2.75) is 26.2 Å². The molecule has 3 heteroatoms. The molecule has 1 atom stereocenters. The van der Waals surface area contributed by atoms with Crippen LogP contribution in [0.1, 0.15) is 31.9 Å². The number of nitrogens with one attached hydrogen (secondary N) is 1. The number of aromatic amines is 1. The molecule has 0 spiro atoms. The number of hydrogen-bond donors (Lipinski definition) is 1. The molecule has 2 aromatic heterocycles. The largest absolute Gasteiger partial charge is 0.276 e. The Kier molecular flexibility index (Phi) is 2.00. The van der Waals surface area contributed by atoms with Crippen molar-refractivity contribution < 1.29 is 0 Å². The molecular weight excluding hydrogens is 162 g/mol. The Morgan fingerprint density at radius 2 is 2.38 bits per heavy atom. The summed E-state index contributed by atoms with van der Waals surface area (Å²) in [4.78, 5) is 4.38. The second-order valence-corrected chi connectivity index (χ2v) is 3.34. The molecule has 0 aromatic carbocycles.